The van der Waals surface area contributed by atoms with Crippen LogP contribution in [0.2, 0.25) is 0 Å². The molecule has 0 aromatic heterocycles. The van der Waals surface area contributed by atoms with E-state index in [1.54, 1.807) is 24.3 Å². The van der Waals surface area contributed by atoms with E-state index in [1.807, 2.05) is 35.2 Å². The summed E-state index contributed by atoms with van der Waals surface area (Å²) in [7, 11) is 0. The Hall–Kier alpha value is -3.53. The average Bonchev–Trinajstić information content (AvgIpc) is 2.74. The number of nitriles is 1. The molecule has 162 valence electrons. The Balaban J connectivity index is 1.49. The van der Waals surface area contributed by atoms with Crippen LogP contribution in [0.15, 0.2) is 48.5 Å². The van der Waals surface area contributed by atoms with E-state index in [0.29, 0.717) is 23.4 Å². The normalized spacial score (nSPS) is 14.0. The van der Waals surface area contributed by atoms with E-state index in [1.165, 1.54) is 0 Å². The third-order valence-electron chi connectivity index (χ3n) is 5.08. The Labute approximate surface area is 183 Å². The Morgan fingerprint density at radius 2 is 1.42 bits per heavy atom. The molecule has 3 rings (SSSR count). The molecule has 1 aliphatic rings. The van der Waals surface area contributed by atoms with Crippen LogP contribution in [0.5, 0.6) is 0 Å². The lowest BCUT2D eigenvalue weighted by Crippen LogP contribution is -2.49. The molecule has 0 aliphatic carbocycles. The van der Waals surface area contributed by atoms with E-state index in [9.17, 15) is 9.59 Å². The van der Waals surface area contributed by atoms with Crippen LogP contribution in [0.25, 0.3) is 0 Å². The van der Waals surface area contributed by atoms with Gasteiger partial charge in [-0.15, -0.1) is 0 Å². The van der Waals surface area contributed by atoms with Crippen molar-refractivity contribution in [3.8, 4) is 6.07 Å². The summed E-state index contributed by atoms with van der Waals surface area (Å²) in [5.74, 6) is 0.222. The monoisotopic (exact) mass is 419 g/mol. The minimum atomic E-state index is -0.344. The van der Waals surface area contributed by atoms with Crippen LogP contribution in [0, 0.1) is 16.7 Å². The van der Waals surface area contributed by atoms with Crippen LogP contribution in [0.1, 0.15) is 32.8 Å². The molecule has 31 heavy (non-hydrogen) atoms. The van der Waals surface area contributed by atoms with Crippen molar-refractivity contribution in [3.63, 3.8) is 0 Å². The number of hydrogen-bond donors (Lipinski definition) is 2. The van der Waals surface area contributed by atoms with E-state index in [0.717, 1.165) is 31.9 Å². The fourth-order valence-corrected chi connectivity index (χ4v) is 3.46. The molecule has 0 bridgehead atoms. The topological polar surface area (TPSA) is 88.5 Å². The average molecular weight is 420 g/mol. The third kappa shape index (κ3) is 6.48. The number of carbonyl (C=O) groups excluding carboxylic acids is 2. The number of hydrogen-bond acceptors (Lipinski definition) is 4. The summed E-state index contributed by atoms with van der Waals surface area (Å²) >= 11 is 0. The maximum atomic E-state index is 12.4. The van der Waals surface area contributed by atoms with Crippen molar-refractivity contribution < 1.29 is 9.59 Å². The predicted octanol–water partition coefficient (Wildman–Crippen LogP) is 4.29. The van der Waals surface area contributed by atoms with E-state index in [4.69, 9.17) is 5.26 Å². The Morgan fingerprint density at radius 3 is 1.90 bits per heavy atom. The molecule has 0 unspecified atom stereocenters. The molecule has 1 saturated heterocycles. The molecule has 7 nitrogen and oxygen atoms in total. The first-order valence-electron chi connectivity index (χ1n) is 10.4. The lowest BCUT2D eigenvalue weighted by atomic mass is 9.91. The van der Waals surface area contributed by atoms with Crippen LogP contribution in [0.3, 0.4) is 0 Å². The summed E-state index contributed by atoms with van der Waals surface area (Å²) in [5.41, 5.74) is 2.92. The molecule has 7 heteroatoms. The number of piperazine rings is 1. The first-order chi connectivity index (χ1) is 14.7. The zero-order chi connectivity index (χ0) is 22.4. The zero-order valence-corrected chi connectivity index (χ0v) is 18.3. The number of urea groups is 1. The molecular weight excluding hydrogens is 390 g/mol. The molecule has 2 aromatic rings. The van der Waals surface area contributed by atoms with Gasteiger partial charge < -0.3 is 20.4 Å². The fourth-order valence-electron chi connectivity index (χ4n) is 3.46. The quantitative estimate of drug-likeness (QED) is 0.774. The van der Waals surface area contributed by atoms with Gasteiger partial charge in [0.15, 0.2) is 0 Å². The van der Waals surface area contributed by atoms with Crippen molar-refractivity contribution in [2.24, 2.45) is 5.41 Å². The van der Waals surface area contributed by atoms with Gasteiger partial charge in [-0.05, 0) is 53.9 Å². The number of rotatable bonds is 4. The largest absolute Gasteiger partial charge is 0.368 e. The SMILES string of the molecule is CC(C)(C)CC(=O)N1CCN(c2ccc(NC(=O)Nc3ccc(C#N)cc3)cc2)CC1. The van der Waals surface area contributed by atoms with Gasteiger partial charge in [0.05, 0.1) is 11.6 Å². The molecule has 0 saturated carbocycles. The summed E-state index contributed by atoms with van der Waals surface area (Å²) < 4.78 is 0. The summed E-state index contributed by atoms with van der Waals surface area (Å²) in [5, 5.41) is 14.4. The van der Waals surface area contributed by atoms with Gasteiger partial charge in [-0.1, -0.05) is 20.8 Å². The molecule has 2 N–H and O–H groups in total. The minimum Gasteiger partial charge on any atom is -0.368 e. The highest BCUT2D eigenvalue weighted by molar-refractivity contribution is 5.99. The number of amides is 3. The van der Waals surface area contributed by atoms with Crippen molar-refractivity contribution in [3.05, 3.63) is 54.1 Å². The molecule has 2 aromatic carbocycles. The summed E-state index contributed by atoms with van der Waals surface area (Å²) in [4.78, 5) is 28.8. The van der Waals surface area contributed by atoms with Gasteiger partial charge in [-0.3, -0.25) is 4.79 Å². The van der Waals surface area contributed by atoms with Crippen LogP contribution >= 0.6 is 0 Å². The second-order valence-corrected chi connectivity index (χ2v) is 8.92. The number of nitrogens with one attached hydrogen (secondary N) is 2. The third-order valence-corrected chi connectivity index (χ3v) is 5.08. The molecule has 1 aliphatic heterocycles. The molecule has 0 radical (unpaired) electrons. The van der Waals surface area contributed by atoms with E-state index >= 15 is 0 Å². The number of benzene rings is 2. The Morgan fingerprint density at radius 1 is 0.903 bits per heavy atom. The maximum Gasteiger partial charge on any atom is 0.323 e. The first-order valence-corrected chi connectivity index (χ1v) is 10.4. The first kappa shape index (κ1) is 22.2. The van der Waals surface area contributed by atoms with E-state index in [2.05, 4.69) is 36.3 Å². The number of carbonyl (C=O) groups is 2. The highest BCUT2D eigenvalue weighted by Gasteiger charge is 2.24. The van der Waals surface area contributed by atoms with Crippen molar-refractivity contribution in [1.29, 1.82) is 5.26 Å². The van der Waals surface area contributed by atoms with Crippen molar-refractivity contribution in [2.75, 3.05) is 41.7 Å². The molecule has 1 fully saturated rings. The van der Waals surface area contributed by atoms with Crippen molar-refractivity contribution in [1.82, 2.24) is 4.90 Å². The van der Waals surface area contributed by atoms with Crippen LogP contribution in [-0.2, 0) is 4.79 Å². The van der Waals surface area contributed by atoms with Gasteiger partial charge in [0.25, 0.3) is 0 Å². The summed E-state index contributed by atoms with van der Waals surface area (Å²) in [6, 6.07) is 16.1. The number of anilines is 3. The molecule has 0 atom stereocenters. The zero-order valence-electron chi connectivity index (χ0n) is 18.3. The molecular formula is C24H29N5O2. The second-order valence-electron chi connectivity index (χ2n) is 8.92. The summed E-state index contributed by atoms with van der Waals surface area (Å²) in [6.07, 6.45) is 0.567. The molecule has 1 heterocycles. The van der Waals surface area contributed by atoms with Gasteiger partial charge in [-0.25, -0.2) is 4.79 Å². The van der Waals surface area contributed by atoms with Crippen molar-refractivity contribution in [2.45, 2.75) is 27.2 Å². The lowest BCUT2D eigenvalue weighted by Gasteiger charge is -2.37. The van der Waals surface area contributed by atoms with Gasteiger partial charge in [0.2, 0.25) is 5.91 Å². The van der Waals surface area contributed by atoms with Gasteiger partial charge >= 0.3 is 6.03 Å². The maximum absolute atomic E-state index is 12.4. The fraction of sp³-hybridized carbons (Fsp3) is 0.375. The smallest absolute Gasteiger partial charge is 0.323 e. The van der Waals surface area contributed by atoms with Gasteiger partial charge in [-0.2, -0.15) is 5.26 Å². The minimum absolute atomic E-state index is 0.00340. The van der Waals surface area contributed by atoms with Crippen LogP contribution in [-0.4, -0.2) is 43.0 Å². The number of nitrogens with zero attached hydrogens (tertiary/aromatic N) is 3. The van der Waals surface area contributed by atoms with Crippen molar-refractivity contribution >= 4 is 29.0 Å². The molecule has 3 amide bonds. The van der Waals surface area contributed by atoms with Crippen LogP contribution in [0.4, 0.5) is 21.9 Å². The Kier molecular flexibility index (Phi) is 6.81. The van der Waals surface area contributed by atoms with E-state index < -0.39 is 0 Å². The highest BCUT2D eigenvalue weighted by atomic mass is 16.2. The Bertz CT molecular complexity index is 947. The summed E-state index contributed by atoms with van der Waals surface area (Å²) in [6.45, 7) is 9.29. The van der Waals surface area contributed by atoms with Crippen LogP contribution < -0.4 is 15.5 Å². The lowest BCUT2D eigenvalue weighted by molar-refractivity contribution is -0.133. The predicted molar refractivity (Wildman–Crippen MR) is 123 cm³/mol. The second kappa shape index (κ2) is 9.52. The van der Waals surface area contributed by atoms with Gasteiger partial charge in [0, 0.05) is 49.7 Å². The highest BCUT2D eigenvalue weighted by Crippen LogP contribution is 2.23. The van der Waals surface area contributed by atoms with Gasteiger partial charge in [0.1, 0.15) is 0 Å². The molecule has 0 spiro atoms. The standard InChI is InChI=1S/C24H29N5O2/c1-24(2,3)16-22(30)29-14-12-28(13-15-29)21-10-8-20(9-11-21)27-23(31)26-19-6-4-18(17-25)5-7-19/h4-11H,12-16H2,1-3H3,(H2,26,27,31). The van der Waals surface area contributed by atoms with E-state index in [-0.39, 0.29) is 17.4 Å².